The lowest BCUT2D eigenvalue weighted by Crippen LogP contribution is -2.13. The standard InChI is InChI=1S/C14H13N3O4/c1-19-10-7-5-9(6-8-10)14(18)20-15-11-3-2-4-12-13(11)17-21-16-12/h5-8H,2-4H2,1H3/b15-11-. The Morgan fingerprint density at radius 1 is 1.24 bits per heavy atom. The first-order chi connectivity index (χ1) is 10.3. The molecule has 3 rings (SSSR count). The van der Waals surface area contributed by atoms with Gasteiger partial charge < -0.3 is 9.57 Å². The zero-order chi connectivity index (χ0) is 14.7. The van der Waals surface area contributed by atoms with E-state index in [-0.39, 0.29) is 0 Å². The van der Waals surface area contributed by atoms with Crippen molar-refractivity contribution in [2.45, 2.75) is 19.3 Å². The molecule has 0 radical (unpaired) electrons. The molecule has 108 valence electrons. The van der Waals surface area contributed by atoms with E-state index >= 15 is 0 Å². The number of hydrogen-bond acceptors (Lipinski definition) is 7. The van der Waals surface area contributed by atoms with Crippen LogP contribution >= 0.6 is 0 Å². The van der Waals surface area contributed by atoms with Gasteiger partial charge in [-0.1, -0.05) is 10.3 Å². The maximum absolute atomic E-state index is 11.9. The molecular formula is C14H13N3O4. The van der Waals surface area contributed by atoms with Gasteiger partial charge in [0.25, 0.3) is 0 Å². The average Bonchev–Trinajstić information content (AvgIpc) is 3.02. The van der Waals surface area contributed by atoms with Crippen LogP contribution in [0.5, 0.6) is 5.75 Å². The number of fused-ring (bicyclic) bond motifs is 1. The third-order valence-electron chi connectivity index (χ3n) is 3.22. The molecule has 0 bridgehead atoms. The molecule has 21 heavy (non-hydrogen) atoms. The summed E-state index contributed by atoms with van der Waals surface area (Å²) < 4.78 is 9.71. The minimum atomic E-state index is -0.534. The maximum Gasteiger partial charge on any atom is 0.365 e. The van der Waals surface area contributed by atoms with Crippen molar-refractivity contribution in [1.29, 1.82) is 0 Å². The first-order valence-electron chi connectivity index (χ1n) is 6.52. The number of rotatable bonds is 3. The summed E-state index contributed by atoms with van der Waals surface area (Å²) in [6.45, 7) is 0. The smallest absolute Gasteiger partial charge is 0.365 e. The summed E-state index contributed by atoms with van der Waals surface area (Å²) in [5.41, 5.74) is 2.30. The fraction of sp³-hybridized carbons (Fsp3) is 0.286. The molecule has 1 aliphatic rings. The van der Waals surface area contributed by atoms with Gasteiger partial charge in [0.1, 0.15) is 17.2 Å². The van der Waals surface area contributed by atoms with Crippen LogP contribution in [0.4, 0.5) is 0 Å². The fourth-order valence-corrected chi connectivity index (χ4v) is 2.10. The van der Waals surface area contributed by atoms with E-state index in [9.17, 15) is 4.79 Å². The molecule has 0 atom stereocenters. The Morgan fingerprint density at radius 3 is 2.81 bits per heavy atom. The minimum absolute atomic E-state index is 0.398. The number of nitrogens with zero attached hydrogens (tertiary/aromatic N) is 3. The van der Waals surface area contributed by atoms with Crippen LogP contribution in [0.2, 0.25) is 0 Å². The second-order valence-electron chi connectivity index (χ2n) is 4.56. The van der Waals surface area contributed by atoms with Gasteiger partial charge in [0.2, 0.25) is 0 Å². The summed E-state index contributed by atoms with van der Waals surface area (Å²) in [7, 11) is 1.56. The van der Waals surface area contributed by atoms with Crippen molar-refractivity contribution in [3.8, 4) is 5.75 Å². The molecular weight excluding hydrogens is 274 g/mol. The van der Waals surface area contributed by atoms with E-state index in [1.165, 1.54) is 0 Å². The zero-order valence-electron chi connectivity index (χ0n) is 11.4. The minimum Gasteiger partial charge on any atom is -0.497 e. The van der Waals surface area contributed by atoms with E-state index < -0.39 is 5.97 Å². The quantitative estimate of drug-likeness (QED) is 0.633. The molecule has 1 aliphatic carbocycles. The van der Waals surface area contributed by atoms with Gasteiger partial charge in [-0.15, -0.1) is 0 Å². The van der Waals surface area contributed by atoms with Crippen molar-refractivity contribution in [2.75, 3.05) is 7.11 Å². The Morgan fingerprint density at radius 2 is 2.05 bits per heavy atom. The normalized spacial score (nSPS) is 15.6. The highest BCUT2D eigenvalue weighted by Crippen LogP contribution is 2.19. The van der Waals surface area contributed by atoms with Crippen LogP contribution in [0.3, 0.4) is 0 Å². The van der Waals surface area contributed by atoms with Crippen molar-refractivity contribution in [3.05, 3.63) is 41.2 Å². The highest BCUT2D eigenvalue weighted by Gasteiger charge is 2.22. The second kappa shape index (κ2) is 5.74. The molecule has 0 spiro atoms. The lowest BCUT2D eigenvalue weighted by molar-refractivity contribution is 0.0515. The molecule has 1 heterocycles. The van der Waals surface area contributed by atoms with Gasteiger partial charge in [-0.25, -0.2) is 9.42 Å². The topological polar surface area (TPSA) is 86.8 Å². The van der Waals surface area contributed by atoms with Gasteiger partial charge in [0.05, 0.1) is 12.7 Å². The zero-order valence-corrected chi connectivity index (χ0v) is 11.4. The number of carbonyl (C=O) groups is 1. The number of aromatic nitrogens is 2. The summed E-state index contributed by atoms with van der Waals surface area (Å²) in [6.07, 6.45) is 2.35. The van der Waals surface area contributed by atoms with E-state index in [2.05, 4.69) is 20.1 Å². The SMILES string of the molecule is COc1ccc(C(=O)O/N=C2/CCCc3nonc32)cc1. The molecule has 0 N–H and O–H groups in total. The largest absolute Gasteiger partial charge is 0.497 e. The molecule has 0 unspecified atom stereocenters. The van der Waals surface area contributed by atoms with E-state index in [1.54, 1.807) is 31.4 Å². The number of aryl methyl sites for hydroxylation is 1. The molecule has 1 aromatic heterocycles. The lowest BCUT2D eigenvalue weighted by Gasteiger charge is -2.08. The van der Waals surface area contributed by atoms with Gasteiger partial charge >= 0.3 is 5.97 Å². The Kier molecular flexibility index (Phi) is 3.63. The van der Waals surface area contributed by atoms with Crippen LogP contribution in [0, 0.1) is 0 Å². The third-order valence-corrected chi connectivity index (χ3v) is 3.22. The summed E-state index contributed by atoms with van der Waals surface area (Å²) in [5.74, 6) is 0.136. The molecule has 2 aromatic rings. The van der Waals surface area contributed by atoms with Crippen LogP contribution in [0.15, 0.2) is 34.1 Å². The Hall–Kier alpha value is -2.70. The fourth-order valence-electron chi connectivity index (χ4n) is 2.10. The van der Waals surface area contributed by atoms with Crippen LogP contribution < -0.4 is 4.74 Å². The molecule has 7 nitrogen and oxygen atoms in total. The Bertz CT molecular complexity index is 676. The van der Waals surface area contributed by atoms with Gasteiger partial charge in [0, 0.05) is 0 Å². The number of oxime groups is 1. The van der Waals surface area contributed by atoms with Crippen LogP contribution in [0.25, 0.3) is 0 Å². The van der Waals surface area contributed by atoms with Gasteiger partial charge in [-0.2, -0.15) is 0 Å². The van der Waals surface area contributed by atoms with E-state index in [1.807, 2.05) is 0 Å². The van der Waals surface area contributed by atoms with Gasteiger partial charge in [0.15, 0.2) is 5.69 Å². The van der Waals surface area contributed by atoms with E-state index in [0.29, 0.717) is 29.1 Å². The van der Waals surface area contributed by atoms with Crippen molar-refractivity contribution >= 4 is 11.7 Å². The van der Waals surface area contributed by atoms with Gasteiger partial charge in [-0.3, -0.25) is 0 Å². The maximum atomic E-state index is 11.9. The second-order valence-corrected chi connectivity index (χ2v) is 4.56. The predicted molar refractivity (Wildman–Crippen MR) is 72.2 cm³/mol. The summed E-state index contributed by atoms with van der Waals surface area (Å²) in [6, 6.07) is 6.60. The predicted octanol–water partition coefficient (Wildman–Crippen LogP) is 1.98. The number of carbonyl (C=O) groups excluding carboxylic acids is 1. The number of methoxy groups -OCH3 is 1. The first-order valence-corrected chi connectivity index (χ1v) is 6.52. The Labute approximate surface area is 120 Å². The van der Waals surface area contributed by atoms with Crippen molar-refractivity contribution < 1.29 is 19.0 Å². The summed E-state index contributed by atoms with van der Waals surface area (Å²) in [4.78, 5) is 16.9. The number of ether oxygens (including phenoxy) is 1. The van der Waals surface area contributed by atoms with E-state index in [4.69, 9.17) is 9.57 Å². The summed E-state index contributed by atoms with van der Waals surface area (Å²) in [5, 5.41) is 11.5. The first kappa shape index (κ1) is 13.3. The molecule has 1 aromatic carbocycles. The van der Waals surface area contributed by atoms with Crippen molar-refractivity contribution in [2.24, 2.45) is 5.16 Å². The van der Waals surface area contributed by atoms with Crippen molar-refractivity contribution in [1.82, 2.24) is 10.3 Å². The molecule has 0 amide bonds. The third kappa shape index (κ3) is 2.76. The summed E-state index contributed by atoms with van der Waals surface area (Å²) >= 11 is 0. The molecule has 0 fully saturated rings. The highest BCUT2D eigenvalue weighted by molar-refractivity contribution is 6.00. The highest BCUT2D eigenvalue weighted by atomic mass is 16.7. The van der Waals surface area contributed by atoms with E-state index in [0.717, 1.165) is 18.5 Å². The Balaban J connectivity index is 1.72. The monoisotopic (exact) mass is 287 g/mol. The molecule has 0 saturated carbocycles. The molecule has 0 aliphatic heterocycles. The lowest BCUT2D eigenvalue weighted by atomic mass is 9.99. The molecule has 0 saturated heterocycles. The van der Waals surface area contributed by atoms with Crippen LogP contribution in [0.1, 0.15) is 34.6 Å². The van der Waals surface area contributed by atoms with Crippen LogP contribution in [-0.2, 0) is 11.3 Å². The number of benzene rings is 1. The average molecular weight is 287 g/mol. The van der Waals surface area contributed by atoms with Crippen molar-refractivity contribution in [3.63, 3.8) is 0 Å². The van der Waals surface area contributed by atoms with Gasteiger partial charge in [-0.05, 0) is 48.7 Å². The molecule has 7 heteroatoms. The van der Waals surface area contributed by atoms with Crippen LogP contribution in [-0.4, -0.2) is 29.1 Å². The number of hydrogen-bond donors (Lipinski definition) is 0.